The van der Waals surface area contributed by atoms with Crippen LogP contribution in [0.5, 0.6) is 11.5 Å². The van der Waals surface area contributed by atoms with Gasteiger partial charge in [0.15, 0.2) is 6.61 Å². The number of rotatable bonds is 9. The van der Waals surface area contributed by atoms with Crippen LogP contribution >= 0.6 is 0 Å². The van der Waals surface area contributed by atoms with E-state index >= 15 is 0 Å². The highest BCUT2D eigenvalue weighted by atomic mass is 16.5. The van der Waals surface area contributed by atoms with Gasteiger partial charge in [0.25, 0.3) is 11.8 Å². The van der Waals surface area contributed by atoms with E-state index in [0.717, 1.165) is 16.9 Å². The average molecular weight is 419 g/mol. The first-order valence-electron chi connectivity index (χ1n) is 9.83. The molecule has 1 N–H and O–H groups in total. The number of ether oxygens (including phenoxy) is 2. The first kappa shape index (κ1) is 21.8. The van der Waals surface area contributed by atoms with Gasteiger partial charge in [0.2, 0.25) is 0 Å². The molecule has 7 heteroatoms. The van der Waals surface area contributed by atoms with Gasteiger partial charge in [-0.05, 0) is 42.0 Å². The van der Waals surface area contributed by atoms with Crippen LogP contribution in [-0.4, -0.2) is 42.4 Å². The third kappa shape index (κ3) is 6.85. The number of hydrogen-bond donors (Lipinski definition) is 1. The summed E-state index contributed by atoms with van der Waals surface area (Å²) in [6.07, 6.45) is 3.49. The van der Waals surface area contributed by atoms with Crippen molar-refractivity contribution < 1.29 is 19.1 Å². The highest BCUT2D eigenvalue weighted by Crippen LogP contribution is 2.15. The molecule has 31 heavy (non-hydrogen) atoms. The Kier molecular flexibility index (Phi) is 7.59. The van der Waals surface area contributed by atoms with Gasteiger partial charge in [0, 0.05) is 44.2 Å². The van der Waals surface area contributed by atoms with Crippen molar-refractivity contribution in [2.75, 3.05) is 20.7 Å². The van der Waals surface area contributed by atoms with Crippen molar-refractivity contribution in [1.29, 1.82) is 0 Å². The molecule has 0 atom stereocenters. The predicted molar refractivity (Wildman–Crippen MR) is 117 cm³/mol. The number of pyridine rings is 1. The second-order valence-electron chi connectivity index (χ2n) is 7.08. The zero-order valence-corrected chi connectivity index (χ0v) is 17.6. The molecule has 7 nitrogen and oxygen atoms in total. The number of carbonyl (C=O) groups is 2. The molecule has 0 aliphatic carbocycles. The van der Waals surface area contributed by atoms with Crippen LogP contribution in [0.2, 0.25) is 0 Å². The average Bonchev–Trinajstić information content (AvgIpc) is 2.81. The van der Waals surface area contributed by atoms with Crippen molar-refractivity contribution in [3.63, 3.8) is 0 Å². The predicted octanol–water partition coefficient (Wildman–Crippen LogP) is 3.06. The van der Waals surface area contributed by atoms with Crippen LogP contribution in [0.15, 0.2) is 73.1 Å². The lowest BCUT2D eigenvalue weighted by molar-refractivity contribution is -0.130. The minimum atomic E-state index is -0.221. The minimum absolute atomic E-state index is 0.0761. The Morgan fingerprint density at radius 3 is 2.45 bits per heavy atom. The summed E-state index contributed by atoms with van der Waals surface area (Å²) in [5, 5.41) is 2.88. The number of benzene rings is 2. The molecule has 0 aliphatic rings. The van der Waals surface area contributed by atoms with Gasteiger partial charge in [-0.25, -0.2) is 0 Å². The molecule has 0 aliphatic heterocycles. The Hall–Kier alpha value is -3.87. The van der Waals surface area contributed by atoms with E-state index in [1.165, 1.54) is 4.90 Å². The lowest BCUT2D eigenvalue weighted by Gasteiger charge is -2.12. The zero-order valence-electron chi connectivity index (χ0n) is 17.6. The molecule has 3 rings (SSSR count). The monoisotopic (exact) mass is 419 g/mol. The Labute approximate surface area is 181 Å². The summed E-state index contributed by atoms with van der Waals surface area (Å²) in [6.45, 7) is 0.752. The number of amides is 2. The highest BCUT2D eigenvalue weighted by Gasteiger charge is 2.09. The largest absolute Gasteiger partial charge is 0.489 e. The van der Waals surface area contributed by atoms with Gasteiger partial charge in [-0.15, -0.1) is 0 Å². The Morgan fingerprint density at radius 1 is 0.935 bits per heavy atom. The number of aromatic nitrogens is 1. The first-order chi connectivity index (χ1) is 15.0. The number of carbonyl (C=O) groups excluding carboxylic acids is 2. The summed E-state index contributed by atoms with van der Waals surface area (Å²) in [6, 6.07) is 18.1. The molecule has 0 radical (unpaired) electrons. The molecule has 2 aromatic carbocycles. The summed E-state index contributed by atoms with van der Waals surface area (Å²) < 4.78 is 11.2. The molecule has 0 saturated carbocycles. The molecular weight excluding hydrogens is 394 g/mol. The second kappa shape index (κ2) is 10.8. The molecular formula is C24H25N3O4. The van der Waals surface area contributed by atoms with Crippen LogP contribution in [0, 0.1) is 0 Å². The van der Waals surface area contributed by atoms with Crippen molar-refractivity contribution in [3.05, 3.63) is 89.7 Å². The molecule has 0 bridgehead atoms. The fourth-order valence-electron chi connectivity index (χ4n) is 2.64. The van der Waals surface area contributed by atoms with Gasteiger partial charge < -0.3 is 19.7 Å². The summed E-state index contributed by atoms with van der Waals surface area (Å²) in [5.41, 5.74) is 2.41. The van der Waals surface area contributed by atoms with E-state index in [-0.39, 0.29) is 18.4 Å². The van der Waals surface area contributed by atoms with E-state index in [1.54, 1.807) is 50.8 Å². The quantitative estimate of drug-likeness (QED) is 0.577. The summed E-state index contributed by atoms with van der Waals surface area (Å²) in [5.74, 6) is 0.845. The number of nitrogens with zero attached hydrogens (tertiary/aromatic N) is 2. The second-order valence-corrected chi connectivity index (χ2v) is 7.08. The van der Waals surface area contributed by atoms with Gasteiger partial charge >= 0.3 is 0 Å². The maximum Gasteiger partial charge on any atom is 0.259 e. The van der Waals surface area contributed by atoms with Crippen molar-refractivity contribution >= 4 is 11.8 Å². The molecule has 3 aromatic rings. The van der Waals surface area contributed by atoms with Gasteiger partial charge in [-0.1, -0.05) is 24.3 Å². The van der Waals surface area contributed by atoms with Gasteiger partial charge in [0.1, 0.15) is 18.1 Å². The molecule has 160 valence electrons. The summed E-state index contributed by atoms with van der Waals surface area (Å²) in [4.78, 5) is 29.6. The standard InChI is InChI=1S/C24H25N3O4/c1-27(2)23(28)17-31-22-7-3-6-20(13-22)24(29)26-15-18-8-10-21(11-9-18)30-16-19-5-4-12-25-14-19/h3-14H,15-17H2,1-2H3,(H,26,29). The summed E-state index contributed by atoms with van der Waals surface area (Å²) in [7, 11) is 3.32. The normalized spacial score (nSPS) is 10.3. The molecule has 1 heterocycles. The van der Waals surface area contributed by atoms with Crippen LogP contribution in [0.25, 0.3) is 0 Å². The van der Waals surface area contributed by atoms with E-state index in [1.807, 2.05) is 36.4 Å². The van der Waals surface area contributed by atoms with Gasteiger partial charge in [-0.2, -0.15) is 0 Å². The van der Waals surface area contributed by atoms with Crippen LogP contribution < -0.4 is 14.8 Å². The number of likely N-dealkylation sites (N-methyl/N-ethyl adjacent to an activating group) is 1. The van der Waals surface area contributed by atoms with Crippen LogP contribution in [-0.2, 0) is 17.9 Å². The van der Waals surface area contributed by atoms with Crippen molar-refractivity contribution in [3.8, 4) is 11.5 Å². The minimum Gasteiger partial charge on any atom is -0.489 e. The van der Waals surface area contributed by atoms with E-state index in [2.05, 4.69) is 10.3 Å². The topological polar surface area (TPSA) is 80.8 Å². The smallest absolute Gasteiger partial charge is 0.259 e. The molecule has 0 unspecified atom stereocenters. The third-order valence-electron chi connectivity index (χ3n) is 4.46. The van der Waals surface area contributed by atoms with Crippen molar-refractivity contribution in [1.82, 2.24) is 15.2 Å². The van der Waals surface area contributed by atoms with Crippen molar-refractivity contribution in [2.45, 2.75) is 13.2 Å². The fraction of sp³-hybridized carbons (Fsp3) is 0.208. The number of nitrogens with one attached hydrogen (secondary N) is 1. The van der Waals surface area contributed by atoms with E-state index in [4.69, 9.17) is 9.47 Å². The van der Waals surface area contributed by atoms with E-state index in [0.29, 0.717) is 24.5 Å². The third-order valence-corrected chi connectivity index (χ3v) is 4.46. The SMILES string of the molecule is CN(C)C(=O)COc1cccc(C(=O)NCc2ccc(OCc3cccnc3)cc2)c1. The van der Waals surface area contributed by atoms with Gasteiger partial charge in [0.05, 0.1) is 0 Å². The maximum absolute atomic E-state index is 12.5. The first-order valence-corrected chi connectivity index (χ1v) is 9.83. The fourth-order valence-corrected chi connectivity index (χ4v) is 2.64. The van der Waals surface area contributed by atoms with Crippen LogP contribution in [0.4, 0.5) is 0 Å². The lowest BCUT2D eigenvalue weighted by Crippen LogP contribution is -2.27. The van der Waals surface area contributed by atoms with Gasteiger partial charge in [-0.3, -0.25) is 14.6 Å². The molecule has 1 aromatic heterocycles. The molecule has 0 fully saturated rings. The van der Waals surface area contributed by atoms with E-state index in [9.17, 15) is 9.59 Å². The highest BCUT2D eigenvalue weighted by molar-refractivity contribution is 5.94. The van der Waals surface area contributed by atoms with Crippen LogP contribution in [0.1, 0.15) is 21.5 Å². The lowest BCUT2D eigenvalue weighted by atomic mass is 10.2. The Balaban J connectivity index is 1.49. The zero-order chi connectivity index (χ0) is 22.1. The molecule has 0 saturated heterocycles. The van der Waals surface area contributed by atoms with E-state index < -0.39 is 0 Å². The van der Waals surface area contributed by atoms with Crippen LogP contribution in [0.3, 0.4) is 0 Å². The Bertz CT molecular complexity index is 1000. The molecule has 2 amide bonds. The molecule has 0 spiro atoms. The Morgan fingerprint density at radius 2 is 1.74 bits per heavy atom. The van der Waals surface area contributed by atoms with Crippen molar-refractivity contribution in [2.24, 2.45) is 0 Å². The summed E-state index contributed by atoms with van der Waals surface area (Å²) >= 11 is 0. The maximum atomic E-state index is 12.5. The number of hydrogen-bond acceptors (Lipinski definition) is 5.